The fraction of sp³-hybridized carbons (Fsp3) is 0.308. The zero-order chi connectivity index (χ0) is 22.3. The Hall–Kier alpha value is -3.14. The predicted octanol–water partition coefficient (Wildman–Crippen LogP) is 5.04. The SMILES string of the molecule is CCOc1ccc(N(CCC#N)C(=O)CN2CCc3sccc3C2c2ccccc2)cc1. The molecular weight excluding hydrogens is 418 g/mol. The summed E-state index contributed by atoms with van der Waals surface area (Å²) in [5, 5.41) is 11.3. The summed E-state index contributed by atoms with van der Waals surface area (Å²) in [6.07, 6.45) is 1.24. The molecule has 0 saturated carbocycles. The molecule has 6 heteroatoms. The maximum Gasteiger partial charge on any atom is 0.241 e. The smallest absolute Gasteiger partial charge is 0.241 e. The van der Waals surface area contributed by atoms with Gasteiger partial charge in [-0.3, -0.25) is 9.69 Å². The summed E-state index contributed by atoms with van der Waals surface area (Å²) in [5.74, 6) is 0.776. The van der Waals surface area contributed by atoms with Gasteiger partial charge in [-0.2, -0.15) is 5.26 Å². The molecule has 2 aromatic carbocycles. The standard InChI is InChI=1S/C26H27N3O2S/c1-2-31-22-11-9-21(10-12-22)29(16-6-15-27)25(30)19-28-17-13-24-23(14-18-32-24)26(28)20-7-4-3-5-8-20/h3-5,7-12,14,18,26H,2,6,13,16-17,19H2,1H3. The van der Waals surface area contributed by atoms with E-state index in [2.05, 4.69) is 46.7 Å². The van der Waals surface area contributed by atoms with Gasteiger partial charge in [0.2, 0.25) is 5.91 Å². The summed E-state index contributed by atoms with van der Waals surface area (Å²) in [6.45, 7) is 4.03. The van der Waals surface area contributed by atoms with Gasteiger partial charge in [0.15, 0.2) is 0 Å². The van der Waals surface area contributed by atoms with Gasteiger partial charge in [-0.15, -0.1) is 11.3 Å². The number of rotatable bonds is 8. The van der Waals surface area contributed by atoms with E-state index < -0.39 is 0 Å². The summed E-state index contributed by atoms with van der Waals surface area (Å²) in [7, 11) is 0. The van der Waals surface area contributed by atoms with E-state index in [-0.39, 0.29) is 18.4 Å². The predicted molar refractivity (Wildman–Crippen MR) is 128 cm³/mol. The third-order valence-corrected chi connectivity index (χ3v) is 6.72. The Morgan fingerprint density at radius 1 is 1.19 bits per heavy atom. The molecule has 4 rings (SSSR count). The second-order valence-electron chi connectivity index (χ2n) is 7.71. The minimum atomic E-state index is 0.00372. The van der Waals surface area contributed by atoms with Crippen molar-refractivity contribution < 1.29 is 9.53 Å². The van der Waals surface area contributed by atoms with Crippen molar-refractivity contribution in [2.24, 2.45) is 0 Å². The maximum absolute atomic E-state index is 13.5. The molecule has 3 aromatic rings. The Morgan fingerprint density at radius 3 is 2.69 bits per heavy atom. The summed E-state index contributed by atoms with van der Waals surface area (Å²) in [5.41, 5.74) is 3.28. The van der Waals surface area contributed by atoms with Crippen LogP contribution in [0.5, 0.6) is 5.75 Å². The molecule has 1 aliphatic heterocycles. The first-order chi connectivity index (χ1) is 15.7. The highest BCUT2D eigenvalue weighted by Crippen LogP contribution is 2.37. The van der Waals surface area contributed by atoms with E-state index in [0.29, 0.717) is 19.7 Å². The van der Waals surface area contributed by atoms with Crippen LogP contribution in [0.4, 0.5) is 5.69 Å². The lowest BCUT2D eigenvalue weighted by atomic mass is 9.93. The first-order valence-electron chi connectivity index (χ1n) is 11.0. The average molecular weight is 446 g/mol. The number of anilines is 1. The van der Waals surface area contributed by atoms with Gasteiger partial charge >= 0.3 is 0 Å². The van der Waals surface area contributed by atoms with Crippen molar-refractivity contribution in [3.63, 3.8) is 0 Å². The van der Waals surface area contributed by atoms with Gasteiger partial charge in [-0.1, -0.05) is 30.3 Å². The molecule has 2 heterocycles. The van der Waals surface area contributed by atoms with Crippen LogP contribution in [-0.4, -0.2) is 37.0 Å². The normalized spacial score (nSPS) is 15.6. The Kier molecular flexibility index (Phi) is 7.21. The van der Waals surface area contributed by atoms with Crippen LogP contribution in [0.1, 0.15) is 35.4 Å². The monoisotopic (exact) mass is 445 g/mol. The molecule has 1 unspecified atom stereocenters. The number of nitrogens with zero attached hydrogens (tertiary/aromatic N) is 3. The van der Waals surface area contributed by atoms with E-state index in [1.54, 1.807) is 16.2 Å². The highest BCUT2D eigenvalue weighted by atomic mass is 32.1. The Morgan fingerprint density at radius 2 is 1.97 bits per heavy atom. The van der Waals surface area contributed by atoms with Gasteiger partial charge < -0.3 is 9.64 Å². The lowest BCUT2D eigenvalue weighted by Crippen LogP contribution is -2.44. The molecule has 0 aliphatic carbocycles. The zero-order valence-corrected chi connectivity index (χ0v) is 19.1. The largest absolute Gasteiger partial charge is 0.494 e. The molecule has 32 heavy (non-hydrogen) atoms. The van der Waals surface area contributed by atoms with E-state index >= 15 is 0 Å². The quantitative estimate of drug-likeness (QED) is 0.487. The van der Waals surface area contributed by atoms with Crippen molar-refractivity contribution in [3.05, 3.63) is 82.0 Å². The molecule has 0 fully saturated rings. The fourth-order valence-electron chi connectivity index (χ4n) is 4.27. The van der Waals surface area contributed by atoms with E-state index in [9.17, 15) is 4.79 Å². The number of amides is 1. The Bertz CT molecular complexity index is 1070. The van der Waals surface area contributed by atoms with Gasteiger partial charge in [-0.05, 0) is 60.2 Å². The molecule has 1 atom stereocenters. The Balaban J connectivity index is 1.58. The van der Waals surface area contributed by atoms with Crippen LogP contribution in [-0.2, 0) is 11.2 Å². The van der Waals surface area contributed by atoms with Crippen molar-refractivity contribution in [3.8, 4) is 11.8 Å². The molecule has 1 amide bonds. The summed E-state index contributed by atoms with van der Waals surface area (Å²) >= 11 is 1.79. The molecule has 1 aliphatic rings. The van der Waals surface area contributed by atoms with E-state index in [4.69, 9.17) is 10.00 Å². The number of carbonyl (C=O) groups is 1. The number of thiophene rings is 1. The minimum Gasteiger partial charge on any atom is -0.494 e. The fourth-order valence-corrected chi connectivity index (χ4v) is 5.18. The van der Waals surface area contributed by atoms with Crippen LogP contribution in [0, 0.1) is 11.3 Å². The molecule has 5 nitrogen and oxygen atoms in total. The second-order valence-corrected chi connectivity index (χ2v) is 8.71. The molecule has 0 spiro atoms. The van der Waals surface area contributed by atoms with Crippen molar-refractivity contribution in [1.82, 2.24) is 4.90 Å². The zero-order valence-electron chi connectivity index (χ0n) is 18.2. The lowest BCUT2D eigenvalue weighted by molar-refractivity contribution is -0.120. The molecule has 0 radical (unpaired) electrons. The van der Waals surface area contributed by atoms with Crippen LogP contribution in [0.25, 0.3) is 0 Å². The highest BCUT2D eigenvalue weighted by Gasteiger charge is 2.32. The maximum atomic E-state index is 13.5. The molecule has 1 aromatic heterocycles. The number of benzene rings is 2. The van der Waals surface area contributed by atoms with Crippen molar-refractivity contribution in [2.45, 2.75) is 25.8 Å². The summed E-state index contributed by atoms with van der Waals surface area (Å²) < 4.78 is 5.53. The first kappa shape index (κ1) is 22.1. The Labute approximate surface area is 193 Å². The number of hydrogen-bond donors (Lipinski definition) is 0. The average Bonchev–Trinajstić information content (AvgIpc) is 3.30. The number of ether oxygens (including phenoxy) is 1. The number of hydrogen-bond acceptors (Lipinski definition) is 5. The number of carbonyl (C=O) groups excluding carboxylic acids is 1. The van der Waals surface area contributed by atoms with E-state index in [1.165, 1.54) is 16.0 Å². The van der Waals surface area contributed by atoms with Crippen LogP contribution < -0.4 is 9.64 Å². The lowest BCUT2D eigenvalue weighted by Gasteiger charge is -2.37. The van der Waals surface area contributed by atoms with Gasteiger partial charge in [-0.25, -0.2) is 0 Å². The highest BCUT2D eigenvalue weighted by molar-refractivity contribution is 7.10. The van der Waals surface area contributed by atoms with Gasteiger partial charge in [0, 0.05) is 23.7 Å². The topological polar surface area (TPSA) is 56.6 Å². The molecule has 0 saturated heterocycles. The minimum absolute atomic E-state index is 0.00372. The van der Waals surface area contributed by atoms with Crippen LogP contribution in [0.3, 0.4) is 0 Å². The summed E-state index contributed by atoms with van der Waals surface area (Å²) in [6, 6.07) is 22.3. The van der Waals surface area contributed by atoms with E-state index in [1.807, 2.05) is 37.3 Å². The van der Waals surface area contributed by atoms with Crippen molar-refractivity contribution in [1.29, 1.82) is 5.26 Å². The van der Waals surface area contributed by atoms with Gasteiger partial charge in [0.1, 0.15) is 5.75 Å². The van der Waals surface area contributed by atoms with Crippen molar-refractivity contribution >= 4 is 22.9 Å². The first-order valence-corrected chi connectivity index (χ1v) is 11.8. The number of nitriles is 1. The van der Waals surface area contributed by atoms with Crippen LogP contribution in [0.2, 0.25) is 0 Å². The molecule has 0 N–H and O–H groups in total. The second kappa shape index (κ2) is 10.4. The molecule has 0 bridgehead atoms. The van der Waals surface area contributed by atoms with Crippen LogP contribution in [0.15, 0.2) is 66.0 Å². The van der Waals surface area contributed by atoms with Crippen LogP contribution >= 0.6 is 11.3 Å². The van der Waals surface area contributed by atoms with Gasteiger partial charge in [0.25, 0.3) is 0 Å². The summed E-state index contributed by atoms with van der Waals surface area (Å²) in [4.78, 5) is 18.9. The van der Waals surface area contributed by atoms with Gasteiger partial charge in [0.05, 0.1) is 31.7 Å². The van der Waals surface area contributed by atoms with E-state index in [0.717, 1.165) is 24.4 Å². The molecular formula is C26H27N3O2S. The van der Waals surface area contributed by atoms with Crippen molar-refractivity contribution in [2.75, 3.05) is 31.1 Å². The third-order valence-electron chi connectivity index (χ3n) is 5.73. The third kappa shape index (κ3) is 4.85. The molecule has 164 valence electrons. The number of fused-ring (bicyclic) bond motifs is 1.